The first-order valence-electron chi connectivity index (χ1n) is 8.07. The van der Waals surface area contributed by atoms with Crippen molar-refractivity contribution >= 4 is 21.2 Å². The fraction of sp³-hybridized carbons (Fsp3) is 0.353. The molecule has 0 saturated heterocycles. The highest BCUT2D eigenvalue weighted by molar-refractivity contribution is 7.91. The first kappa shape index (κ1) is 22.8. The monoisotopic (exact) mass is 439 g/mol. The Hall–Kier alpha value is -2.50. The van der Waals surface area contributed by atoms with Gasteiger partial charge in [0.1, 0.15) is 5.69 Å². The van der Waals surface area contributed by atoms with Crippen LogP contribution in [0.3, 0.4) is 0 Å². The number of alkyl halides is 5. The highest BCUT2D eigenvalue weighted by atomic mass is 32.2. The molecule has 0 aromatic carbocycles. The van der Waals surface area contributed by atoms with Crippen LogP contribution in [0, 0.1) is 12.9 Å². The molecule has 2 heterocycles. The summed E-state index contributed by atoms with van der Waals surface area (Å²) in [6, 6.07) is 2.30. The third-order valence-corrected chi connectivity index (χ3v) is 5.71. The molecule has 0 amide bonds. The Kier molecular flexibility index (Phi) is 6.07. The molecule has 0 aliphatic rings. The Morgan fingerprint density at radius 3 is 2.34 bits per heavy atom. The molecule has 2 aromatic rings. The van der Waals surface area contributed by atoms with Gasteiger partial charge in [-0.25, -0.2) is 18.4 Å². The molecule has 0 N–H and O–H groups in total. The maximum absolute atomic E-state index is 13.6. The van der Waals surface area contributed by atoms with Crippen molar-refractivity contribution in [3.05, 3.63) is 47.3 Å². The molecule has 0 aliphatic carbocycles. The third kappa shape index (κ3) is 4.57. The van der Waals surface area contributed by atoms with E-state index in [1.165, 1.54) is 20.8 Å². The summed E-state index contributed by atoms with van der Waals surface area (Å²) in [5.74, 6) is -6.51. The van der Waals surface area contributed by atoms with E-state index in [0.717, 1.165) is 12.1 Å². The second-order valence-electron chi connectivity index (χ2n) is 5.98. The van der Waals surface area contributed by atoms with E-state index < -0.39 is 33.4 Å². The zero-order valence-corrected chi connectivity index (χ0v) is 16.2. The molecule has 0 unspecified atom stereocenters. The van der Waals surface area contributed by atoms with E-state index in [2.05, 4.69) is 15.0 Å². The average Bonchev–Trinajstić information content (AvgIpc) is 2.62. The van der Waals surface area contributed by atoms with Crippen LogP contribution in [0.15, 0.2) is 34.3 Å². The van der Waals surface area contributed by atoms with Crippen LogP contribution in [0.1, 0.15) is 30.8 Å². The van der Waals surface area contributed by atoms with Gasteiger partial charge >= 0.3 is 12.1 Å². The molecule has 0 fully saturated rings. The largest absolute Gasteiger partial charge is 0.458 e. The number of aliphatic imine (C=N–C) groups is 1. The number of nitrogens with zero attached hydrogens (tertiary/aromatic N) is 3. The van der Waals surface area contributed by atoms with E-state index in [9.17, 15) is 34.8 Å². The van der Waals surface area contributed by atoms with Crippen molar-refractivity contribution in [1.82, 2.24) is 9.97 Å². The summed E-state index contributed by atoms with van der Waals surface area (Å²) < 4.78 is 103. The van der Waals surface area contributed by atoms with Gasteiger partial charge in [0.2, 0.25) is 5.95 Å². The number of aromatic nitrogens is 2. The molecule has 29 heavy (non-hydrogen) atoms. The van der Waals surface area contributed by atoms with Crippen molar-refractivity contribution in [2.45, 2.75) is 37.8 Å². The number of aryl methyl sites for hydroxylation is 1. The minimum atomic E-state index is -5.84. The molecular formula is C17H15F6N3O2S. The van der Waals surface area contributed by atoms with Crippen molar-refractivity contribution in [3.63, 3.8) is 0 Å². The Labute approximate surface area is 162 Å². The number of hydrogen-bond acceptors (Lipinski definition) is 5. The molecule has 0 spiro atoms. The van der Waals surface area contributed by atoms with E-state index in [0.29, 0.717) is 12.3 Å². The van der Waals surface area contributed by atoms with Crippen molar-refractivity contribution in [2.75, 3.05) is 5.75 Å². The minimum Gasteiger partial charge on any atom is -0.259 e. The molecule has 0 aliphatic heterocycles. The molecule has 2 rings (SSSR count). The summed E-state index contributed by atoms with van der Waals surface area (Å²) in [5.41, 5.74) is -2.37. The Morgan fingerprint density at radius 1 is 1.17 bits per heavy atom. The van der Waals surface area contributed by atoms with Gasteiger partial charge < -0.3 is 0 Å². The van der Waals surface area contributed by atoms with Crippen molar-refractivity contribution < 1.29 is 34.8 Å². The molecule has 12 heteroatoms. The van der Waals surface area contributed by atoms with Crippen LogP contribution in [0.4, 0.5) is 32.0 Å². The third-order valence-electron chi connectivity index (χ3n) is 3.95. The quantitative estimate of drug-likeness (QED) is 0.390. The van der Waals surface area contributed by atoms with Crippen molar-refractivity contribution in [2.24, 2.45) is 4.99 Å². The predicted molar refractivity (Wildman–Crippen MR) is 92.7 cm³/mol. The Balaban J connectivity index is 2.65. The van der Waals surface area contributed by atoms with Gasteiger partial charge in [0.15, 0.2) is 9.84 Å². The molecule has 158 valence electrons. The van der Waals surface area contributed by atoms with E-state index in [1.54, 1.807) is 0 Å². The summed E-state index contributed by atoms with van der Waals surface area (Å²) in [7, 11) is -3.84. The van der Waals surface area contributed by atoms with Crippen LogP contribution in [0.5, 0.6) is 0 Å². The van der Waals surface area contributed by atoms with Crippen LogP contribution in [0.2, 0.25) is 0 Å². The molecule has 0 radical (unpaired) electrons. The van der Waals surface area contributed by atoms with Crippen LogP contribution >= 0.6 is 0 Å². The van der Waals surface area contributed by atoms with Gasteiger partial charge in [0.05, 0.1) is 33.3 Å². The molecule has 2 aromatic heterocycles. The number of rotatable bonds is 5. The lowest BCUT2D eigenvalue weighted by atomic mass is 10.1. The number of sulfone groups is 1. The number of hydrogen-bond donors (Lipinski definition) is 0. The van der Waals surface area contributed by atoms with E-state index in [-0.39, 0.29) is 33.4 Å². The second-order valence-corrected chi connectivity index (χ2v) is 8.23. The minimum absolute atomic E-state index is 0.00220. The molecule has 0 saturated carbocycles. The normalized spacial score (nSPS) is 13.6. The van der Waals surface area contributed by atoms with Crippen molar-refractivity contribution in [3.8, 4) is 0 Å². The van der Waals surface area contributed by atoms with Gasteiger partial charge in [-0.2, -0.15) is 26.3 Å². The molecule has 5 nitrogen and oxygen atoms in total. The van der Waals surface area contributed by atoms with E-state index in [4.69, 9.17) is 0 Å². The molecule has 0 atom stereocenters. The summed E-state index contributed by atoms with van der Waals surface area (Å²) in [5, 5.41) is 0. The lowest BCUT2D eigenvalue weighted by molar-refractivity contribution is -0.289. The summed E-state index contributed by atoms with van der Waals surface area (Å²) in [4.78, 5) is 10.6. The maximum Gasteiger partial charge on any atom is 0.458 e. The predicted octanol–water partition coefficient (Wildman–Crippen LogP) is 4.51. The average molecular weight is 439 g/mol. The second kappa shape index (κ2) is 7.73. The lowest BCUT2D eigenvalue weighted by Gasteiger charge is -2.20. The standard InChI is InChI=1S/C17H15F6N3O2S/c1-4-29(27,28)13-5-6-14(18)26-15(13)10(3)25-12-7-11(8-24-9(12)2)16(19,20)17(21,22)23/h5-8H,4H2,1-3H3. The first-order valence-corrected chi connectivity index (χ1v) is 9.72. The van der Waals surface area contributed by atoms with Crippen LogP contribution < -0.4 is 0 Å². The van der Waals surface area contributed by atoms with Gasteiger partial charge in [-0.1, -0.05) is 6.92 Å². The SMILES string of the molecule is CCS(=O)(=O)c1ccc(F)nc1C(C)=Nc1cc(C(F)(F)C(F)(F)F)cnc1C. The highest BCUT2D eigenvalue weighted by Gasteiger charge is 2.59. The van der Waals surface area contributed by atoms with Crippen LogP contribution in [-0.2, 0) is 15.8 Å². The lowest BCUT2D eigenvalue weighted by Crippen LogP contribution is -2.33. The zero-order valence-electron chi connectivity index (χ0n) is 15.4. The smallest absolute Gasteiger partial charge is 0.259 e. The Bertz CT molecular complexity index is 1070. The summed E-state index contributed by atoms with van der Waals surface area (Å²) in [6.07, 6.45) is -5.46. The van der Waals surface area contributed by atoms with Crippen LogP contribution in [0.25, 0.3) is 0 Å². The summed E-state index contributed by atoms with van der Waals surface area (Å²) in [6.45, 7) is 3.89. The van der Waals surface area contributed by atoms with Gasteiger partial charge in [-0.15, -0.1) is 0 Å². The van der Waals surface area contributed by atoms with E-state index in [1.807, 2.05) is 0 Å². The first-order chi connectivity index (χ1) is 13.2. The highest BCUT2D eigenvalue weighted by Crippen LogP contribution is 2.44. The van der Waals surface area contributed by atoms with Crippen LogP contribution in [-0.4, -0.2) is 36.0 Å². The fourth-order valence-electron chi connectivity index (χ4n) is 2.29. The van der Waals surface area contributed by atoms with E-state index >= 15 is 0 Å². The topological polar surface area (TPSA) is 72.3 Å². The van der Waals surface area contributed by atoms with Crippen molar-refractivity contribution in [1.29, 1.82) is 0 Å². The maximum atomic E-state index is 13.6. The van der Waals surface area contributed by atoms with Gasteiger partial charge in [-0.3, -0.25) is 4.98 Å². The molecular weight excluding hydrogens is 424 g/mol. The zero-order chi connectivity index (χ0) is 22.2. The van der Waals surface area contributed by atoms with Gasteiger partial charge in [0, 0.05) is 6.20 Å². The van der Waals surface area contributed by atoms with Gasteiger partial charge in [0.25, 0.3) is 0 Å². The Morgan fingerprint density at radius 2 is 1.79 bits per heavy atom. The number of halogens is 6. The number of pyridine rings is 2. The molecule has 0 bridgehead atoms. The van der Waals surface area contributed by atoms with Gasteiger partial charge in [-0.05, 0) is 32.0 Å². The summed E-state index contributed by atoms with van der Waals surface area (Å²) >= 11 is 0. The fourth-order valence-corrected chi connectivity index (χ4v) is 3.37.